The van der Waals surface area contributed by atoms with Crippen LogP contribution in [0.1, 0.15) is 48.0 Å². The van der Waals surface area contributed by atoms with E-state index in [0.717, 1.165) is 24.0 Å². The maximum absolute atomic E-state index is 12.1. The zero-order valence-electron chi connectivity index (χ0n) is 10.1. The fourth-order valence-electron chi connectivity index (χ4n) is 2.14. The molecule has 0 unspecified atom stereocenters. The summed E-state index contributed by atoms with van der Waals surface area (Å²) in [6, 6.07) is 5.56. The van der Waals surface area contributed by atoms with Crippen molar-refractivity contribution in [1.82, 2.24) is 0 Å². The van der Waals surface area contributed by atoms with E-state index in [4.69, 9.17) is 11.6 Å². The number of aryl methyl sites for hydroxylation is 1. The molecule has 0 aliphatic heterocycles. The zero-order valence-corrected chi connectivity index (χ0v) is 10.9. The molecule has 1 aromatic rings. The van der Waals surface area contributed by atoms with Gasteiger partial charge in [0.1, 0.15) is 0 Å². The number of allylic oxidation sites excluding steroid dienone is 2. The molecule has 0 spiro atoms. The molecule has 90 valence electrons. The van der Waals surface area contributed by atoms with E-state index in [1.807, 2.05) is 19.1 Å². The van der Waals surface area contributed by atoms with Gasteiger partial charge in [-0.2, -0.15) is 0 Å². The van der Waals surface area contributed by atoms with Crippen LogP contribution in [-0.4, -0.2) is 5.78 Å². The summed E-state index contributed by atoms with van der Waals surface area (Å²) in [7, 11) is 0. The summed E-state index contributed by atoms with van der Waals surface area (Å²) in [5.74, 6) is 0.181. The van der Waals surface area contributed by atoms with E-state index < -0.39 is 0 Å². The summed E-state index contributed by atoms with van der Waals surface area (Å²) in [4.78, 5) is 12.1. The Hall–Kier alpha value is -1.08. The third-order valence-corrected chi connectivity index (χ3v) is 3.67. The first-order chi connectivity index (χ1) is 8.16. The summed E-state index contributed by atoms with van der Waals surface area (Å²) in [5, 5.41) is 0.675. The van der Waals surface area contributed by atoms with Crippen LogP contribution in [0.3, 0.4) is 0 Å². The molecule has 0 radical (unpaired) electrons. The molecular formula is C15H17ClO. The fourth-order valence-corrected chi connectivity index (χ4v) is 2.32. The Balaban J connectivity index is 2.09. The van der Waals surface area contributed by atoms with Crippen LogP contribution < -0.4 is 0 Å². The van der Waals surface area contributed by atoms with E-state index in [1.54, 1.807) is 6.07 Å². The molecule has 2 heteroatoms. The second-order valence-corrected chi connectivity index (χ2v) is 5.08. The lowest BCUT2D eigenvalue weighted by atomic mass is 9.93. The number of carbonyl (C=O) groups excluding carboxylic acids is 1. The molecule has 0 bridgehead atoms. The van der Waals surface area contributed by atoms with Gasteiger partial charge in [0, 0.05) is 17.0 Å². The minimum absolute atomic E-state index is 0.181. The molecule has 1 aliphatic rings. The highest BCUT2D eigenvalue weighted by molar-refractivity contribution is 6.31. The van der Waals surface area contributed by atoms with Crippen LogP contribution in [0.2, 0.25) is 5.02 Å². The average molecular weight is 249 g/mol. The lowest BCUT2D eigenvalue weighted by molar-refractivity contribution is 0.0991. The van der Waals surface area contributed by atoms with Crippen molar-refractivity contribution in [3.63, 3.8) is 0 Å². The Bertz CT molecular complexity index is 460. The molecule has 1 aliphatic carbocycles. The number of benzene rings is 1. The van der Waals surface area contributed by atoms with Gasteiger partial charge in [-0.3, -0.25) is 4.79 Å². The standard InChI is InChI=1S/C15H17ClO/c1-11-7-8-13(10-14(11)16)15(17)9-12-5-3-2-4-6-12/h5,7-8,10H,2-4,6,9H2,1H3. The second-order valence-electron chi connectivity index (χ2n) is 4.67. The first kappa shape index (κ1) is 12.4. The summed E-state index contributed by atoms with van der Waals surface area (Å²) < 4.78 is 0. The van der Waals surface area contributed by atoms with Gasteiger partial charge in [0.15, 0.2) is 5.78 Å². The van der Waals surface area contributed by atoms with Crippen molar-refractivity contribution in [3.8, 4) is 0 Å². The third kappa shape index (κ3) is 3.19. The quantitative estimate of drug-likeness (QED) is 0.559. The number of Topliss-reactive ketones (excluding diaryl/α,β-unsaturated/α-hetero) is 1. The van der Waals surface area contributed by atoms with Crippen LogP contribution in [-0.2, 0) is 0 Å². The number of rotatable bonds is 3. The smallest absolute Gasteiger partial charge is 0.166 e. The van der Waals surface area contributed by atoms with E-state index in [-0.39, 0.29) is 5.78 Å². The predicted octanol–water partition coefficient (Wildman–Crippen LogP) is 4.72. The molecule has 0 aromatic heterocycles. The molecule has 0 amide bonds. The summed E-state index contributed by atoms with van der Waals surface area (Å²) in [6.45, 7) is 1.94. The van der Waals surface area contributed by atoms with Crippen molar-refractivity contribution in [2.45, 2.75) is 39.0 Å². The van der Waals surface area contributed by atoms with Gasteiger partial charge in [-0.25, -0.2) is 0 Å². The van der Waals surface area contributed by atoms with E-state index in [0.29, 0.717) is 11.4 Å². The molecule has 0 heterocycles. The molecule has 0 atom stereocenters. The van der Waals surface area contributed by atoms with Gasteiger partial charge in [-0.1, -0.05) is 35.4 Å². The van der Waals surface area contributed by atoms with Gasteiger partial charge in [-0.15, -0.1) is 0 Å². The predicted molar refractivity (Wildman–Crippen MR) is 71.7 cm³/mol. The van der Waals surface area contributed by atoms with Crippen LogP contribution in [0.4, 0.5) is 0 Å². The first-order valence-corrected chi connectivity index (χ1v) is 6.52. The van der Waals surface area contributed by atoms with Gasteiger partial charge >= 0.3 is 0 Å². The van der Waals surface area contributed by atoms with Crippen molar-refractivity contribution in [3.05, 3.63) is 46.0 Å². The molecule has 0 N–H and O–H groups in total. The third-order valence-electron chi connectivity index (χ3n) is 3.27. The summed E-state index contributed by atoms with van der Waals surface area (Å²) >= 11 is 6.03. The van der Waals surface area contributed by atoms with Crippen molar-refractivity contribution < 1.29 is 4.79 Å². The van der Waals surface area contributed by atoms with Crippen LogP contribution in [0.25, 0.3) is 0 Å². The molecule has 0 fully saturated rings. The minimum atomic E-state index is 0.181. The monoisotopic (exact) mass is 248 g/mol. The molecule has 1 aromatic carbocycles. The highest BCUT2D eigenvalue weighted by atomic mass is 35.5. The van der Waals surface area contributed by atoms with Gasteiger partial charge < -0.3 is 0 Å². The largest absolute Gasteiger partial charge is 0.294 e. The Morgan fingerprint density at radius 2 is 2.18 bits per heavy atom. The van der Waals surface area contributed by atoms with Gasteiger partial charge in [-0.05, 0) is 44.2 Å². The molecule has 0 saturated carbocycles. The molecule has 0 saturated heterocycles. The van der Waals surface area contributed by atoms with Crippen molar-refractivity contribution in [2.75, 3.05) is 0 Å². The number of ketones is 1. The van der Waals surface area contributed by atoms with Crippen molar-refractivity contribution in [2.24, 2.45) is 0 Å². The lowest BCUT2D eigenvalue weighted by Crippen LogP contribution is -2.03. The molecule has 1 nitrogen and oxygen atoms in total. The van der Waals surface area contributed by atoms with E-state index in [1.165, 1.54) is 18.4 Å². The average Bonchev–Trinajstić information content (AvgIpc) is 2.34. The molecule has 17 heavy (non-hydrogen) atoms. The number of carbonyl (C=O) groups is 1. The Kier molecular flexibility index (Phi) is 4.01. The van der Waals surface area contributed by atoms with E-state index in [9.17, 15) is 4.79 Å². The van der Waals surface area contributed by atoms with Crippen LogP contribution in [0.15, 0.2) is 29.8 Å². The van der Waals surface area contributed by atoms with Crippen LogP contribution in [0.5, 0.6) is 0 Å². The SMILES string of the molecule is Cc1ccc(C(=O)CC2=CCCCC2)cc1Cl. The fraction of sp³-hybridized carbons (Fsp3) is 0.400. The maximum atomic E-state index is 12.1. The number of halogens is 1. The van der Waals surface area contributed by atoms with Gasteiger partial charge in [0.05, 0.1) is 0 Å². The highest BCUT2D eigenvalue weighted by Crippen LogP contribution is 2.23. The Morgan fingerprint density at radius 1 is 1.35 bits per heavy atom. The summed E-state index contributed by atoms with van der Waals surface area (Å²) in [5.41, 5.74) is 3.03. The topological polar surface area (TPSA) is 17.1 Å². The lowest BCUT2D eigenvalue weighted by Gasteiger charge is -2.12. The summed E-state index contributed by atoms with van der Waals surface area (Å²) in [6.07, 6.45) is 7.45. The van der Waals surface area contributed by atoms with E-state index in [2.05, 4.69) is 6.08 Å². The van der Waals surface area contributed by atoms with Crippen molar-refractivity contribution in [1.29, 1.82) is 0 Å². The first-order valence-electron chi connectivity index (χ1n) is 6.14. The van der Waals surface area contributed by atoms with Gasteiger partial charge in [0.2, 0.25) is 0 Å². The zero-order chi connectivity index (χ0) is 12.3. The van der Waals surface area contributed by atoms with Gasteiger partial charge in [0.25, 0.3) is 0 Å². The Morgan fingerprint density at radius 3 is 2.82 bits per heavy atom. The van der Waals surface area contributed by atoms with Crippen molar-refractivity contribution >= 4 is 17.4 Å². The number of hydrogen-bond donors (Lipinski definition) is 0. The highest BCUT2D eigenvalue weighted by Gasteiger charge is 2.11. The minimum Gasteiger partial charge on any atom is -0.294 e. The van der Waals surface area contributed by atoms with Crippen LogP contribution >= 0.6 is 11.6 Å². The number of hydrogen-bond acceptors (Lipinski definition) is 1. The van der Waals surface area contributed by atoms with E-state index >= 15 is 0 Å². The maximum Gasteiger partial charge on any atom is 0.166 e. The van der Waals surface area contributed by atoms with Crippen LogP contribution in [0, 0.1) is 6.92 Å². The Labute approximate surface area is 107 Å². The molecular weight excluding hydrogens is 232 g/mol. The molecule has 2 rings (SSSR count). The normalized spacial score (nSPS) is 15.5. The second kappa shape index (κ2) is 5.50.